The van der Waals surface area contributed by atoms with Gasteiger partial charge in [-0.25, -0.2) is 4.79 Å². The molecule has 2 fully saturated rings. The van der Waals surface area contributed by atoms with Crippen molar-refractivity contribution in [1.82, 2.24) is 15.5 Å². The fourth-order valence-corrected chi connectivity index (χ4v) is 2.73. The molecule has 116 valence electrons. The van der Waals surface area contributed by atoms with Gasteiger partial charge in [0.15, 0.2) is 0 Å². The van der Waals surface area contributed by atoms with Crippen LogP contribution in [0.25, 0.3) is 0 Å². The van der Waals surface area contributed by atoms with Crippen LogP contribution in [0.15, 0.2) is 0 Å². The number of hydrogen-bond acceptors (Lipinski definition) is 4. The smallest absolute Gasteiger partial charge is 0.407 e. The predicted octanol–water partition coefficient (Wildman–Crippen LogP) is 1.73. The maximum absolute atomic E-state index is 11.6. The summed E-state index contributed by atoms with van der Waals surface area (Å²) in [5, 5.41) is 6.49. The van der Waals surface area contributed by atoms with Gasteiger partial charge in [0.25, 0.3) is 0 Å². The van der Waals surface area contributed by atoms with Gasteiger partial charge in [-0.1, -0.05) is 6.42 Å². The summed E-state index contributed by atoms with van der Waals surface area (Å²) in [7, 11) is 2.20. The van der Waals surface area contributed by atoms with E-state index in [0.29, 0.717) is 12.1 Å². The summed E-state index contributed by atoms with van der Waals surface area (Å²) in [4.78, 5) is 14.1. The van der Waals surface area contributed by atoms with Crippen LogP contribution in [0.5, 0.6) is 0 Å². The van der Waals surface area contributed by atoms with Gasteiger partial charge in [-0.2, -0.15) is 0 Å². The molecule has 0 spiro atoms. The topological polar surface area (TPSA) is 53.6 Å². The number of piperidine rings is 1. The Kier molecular flexibility index (Phi) is 4.91. The van der Waals surface area contributed by atoms with Gasteiger partial charge in [-0.15, -0.1) is 0 Å². The third kappa shape index (κ3) is 4.94. The number of carbonyl (C=O) groups excluding carboxylic acids is 1. The van der Waals surface area contributed by atoms with Crippen molar-refractivity contribution in [3.05, 3.63) is 0 Å². The van der Waals surface area contributed by atoms with Gasteiger partial charge in [-0.3, -0.25) is 0 Å². The number of carbonyl (C=O) groups is 1. The van der Waals surface area contributed by atoms with Crippen molar-refractivity contribution in [3.63, 3.8) is 0 Å². The van der Waals surface area contributed by atoms with Gasteiger partial charge in [0.2, 0.25) is 0 Å². The molecule has 2 aliphatic rings. The maximum atomic E-state index is 11.6. The predicted molar refractivity (Wildman–Crippen MR) is 79.8 cm³/mol. The van der Waals surface area contributed by atoms with Crippen LogP contribution < -0.4 is 10.6 Å². The Bertz CT molecular complexity index is 341. The molecule has 2 rings (SSSR count). The van der Waals surface area contributed by atoms with Crippen molar-refractivity contribution in [2.24, 2.45) is 0 Å². The lowest BCUT2D eigenvalue weighted by molar-refractivity contribution is 0.0522. The van der Waals surface area contributed by atoms with E-state index in [9.17, 15) is 4.79 Å². The molecule has 1 amide bonds. The number of rotatable bonds is 4. The minimum Gasteiger partial charge on any atom is -0.444 e. The third-order valence-corrected chi connectivity index (χ3v) is 4.03. The number of alkyl carbamates (subject to hydrolysis) is 1. The average Bonchev–Trinajstić information content (AvgIpc) is 3.03. The standard InChI is InChI=1S/C15H29N3O2/c1-15(2,3)20-14(19)17-13-9-12(13)16-10-11-7-5-6-8-18(11)4/h11-13,16H,5-10H2,1-4H3,(H,17,19). The third-order valence-electron chi connectivity index (χ3n) is 4.03. The Morgan fingerprint density at radius 2 is 2.05 bits per heavy atom. The van der Waals surface area contributed by atoms with E-state index < -0.39 is 5.60 Å². The second-order valence-electron chi connectivity index (χ2n) is 7.13. The van der Waals surface area contributed by atoms with Crippen LogP contribution in [0.2, 0.25) is 0 Å². The first-order valence-electron chi connectivity index (χ1n) is 7.78. The van der Waals surface area contributed by atoms with E-state index in [1.54, 1.807) is 0 Å². The Hall–Kier alpha value is -0.810. The first kappa shape index (κ1) is 15.6. The van der Waals surface area contributed by atoms with Crippen molar-refractivity contribution in [3.8, 4) is 0 Å². The summed E-state index contributed by atoms with van der Waals surface area (Å²) in [6.07, 6.45) is 4.64. The SMILES string of the molecule is CN1CCCCC1CNC1CC1NC(=O)OC(C)(C)C. The highest BCUT2D eigenvalue weighted by molar-refractivity contribution is 5.68. The van der Waals surface area contributed by atoms with E-state index in [2.05, 4.69) is 22.6 Å². The molecule has 5 nitrogen and oxygen atoms in total. The molecule has 0 aromatic rings. The molecule has 0 bridgehead atoms. The second-order valence-corrected chi connectivity index (χ2v) is 7.13. The van der Waals surface area contributed by atoms with E-state index in [1.807, 2.05) is 20.8 Å². The molecule has 2 N–H and O–H groups in total. The van der Waals surface area contributed by atoms with Gasteiger partial charge >= 0.3 is 6.09 Å². The first-order valence-corrected chi connectivity index (χ1v) is 7.78. The molecule has 1 aliphatic carbocycles. The van der Waals surface area contributed by atoms with Crippen molar-refractivity contribution in [2.75, 3.05) is 20.1 Å². The van der Waals surface area contributed by atoms with Crippen LogP contribution >= 0.6 is 0 Å². The zero-order chi connectivity index (χ0) is 14.8. The summed E-state index contributed by atoms with van der Waals surface area (Å²) in [5.74, 6) is 0. The van der Waals surface area contributed by atoms with Gasteiger partial charge < -0.3 is 20.3 Å². The van der Waals surface area contributed by atoms with Gasteiger partial charge in [0, 0.05) is 24.7 Å². The highest BCUT2D eigenvalue weighted by Crippen LogP contribution is 2.23. The number of ether oxygens (including phenoxy) is 1. The maximum Gasteiger partial charge on any atom is 0.407 e. The summed E-state index contributed by atoms with van der Waals surface area (Å²) in [6, 6.07) is 1.29. The molecule has 0 aromatic carbocycles. The lowest BCUT2D eigenvalue weighted by atomic mass is 10.0. The Morgan fingerprint density at radius 3 is 2.70 bits per heavy atom. The minimum absolute atomic E-state index is 0.235. The van der Waals surface area contributed by atoms with Crippen LogP contribution in [-0.2, 0) is 4.74 Å². The van der Waals surface area contributed by atoms with Crippen molar-refractivity contribution < 1.29 is 9.53 Å². The molecule has 0 radical (unpaired) electrons. The fourth-order valence-electron chi connectivity index (χ4n) is 2.73. The van der Waals surface area contributed by atoms with E-state index in [0.717, 1.165) is 13.0 Å². The van der Waals surface area contributed by atoms with Gasteiger partial charge in [0.05, 0.1) is 0 Å². The zero-order valence-electron chi connectivity index (χ0n) is 13.2. The molecule has 0 aromatic heterocycles. The average molecular weight is 283 g/mol. The number of likely N-dealkylation sites (N-methyl/N-ethyl adjacent to an activating group) is 1. The Balaban J connectivity index is 1.62. The van der Waals surface area contributed by atoms with Crippen LogP contribution in [0.3, 0.4) is 0 Å². The molecule has 20 heavy (non-hydrogen) atoms. The molecule has 3 atom stereocenters. The van der Waals surface area contributed by atoms with Crippen LogP contribution in [-0.4, -0.2) is 54.9 Å². The molecular formula is C15H29N3O2. The lowest BCUT2D eigenvalue weighted by Crippen LogP contribution is -2.45. The van der Waals surface area contributed by atoms with E-state index >= 15 is 0 Å². The summed E-state index contributed by atoms with van der Waals surface area (Å²) >= 11 is 0. The number of hydrogen-bond donors (Lipinski definition) is 2. The summed E-state index contributed by atoms with van der Waals surface area (Å²) in [5.41, 5.74) is -0.424. The molecular weight excluding hydrogens is 254 g/mol. The van der Waals surface area contributed by atoms with E-state index in [-0.39, 0.29) is 12.1 Å². The highest BCUT2D eigenvalue weighted by Gasteiger charge is 2.39. The monoisotopic (exact) mass is 283 g/mol. The number of likely N-dealkylation sites (tertiary alicyclic amines) is 1. The molecule has 1 saturated heterocycles. The lowest BCUT2D eigenvalue weighted by Gasteiger charge is -2.32. The van der Waals surface area contributed by atoms with Crippen molar-refractivity contribution >= 4 is 6.09 Å². The second kappa shape index (κ2) is 6.31. The summed E-state index contributed by atoms with van der Waals surface area (Å²) < 4.78 is 5.26. The zero-order valence-corrected chi connectivity index (χ0v) is 13.2. The largest absolute Gasteiger partial charge is 0.444 e. The Morgan fingerprint density at radius 1 is 1.30 bits per heavy atom. The van der Waals surface area contributed by atoms with Crippen molar-refractivity contribution in [2.45, 2.75) is 70.2 Å². The molecule has 5 heteroatoms. The molecule has 1 heterocycles. The minimum atomic E-state index is -0.424. The van der Waals surface area contributed by atoms with Crippen molar-refractivity contribution in [1.29, 1.82) is 0 Å². The van der Waals surface area contributed by atoms with Crippen LogP contribution in [0.4, 0.5) is 4.79 Å². The van der Waals surface area contributed by atoms with Crippen LogP contribution in [0, 0.1) is 0 Å². The molecule has 1 saturated carbocycles. The first-order chi connectivity index (χ1) is 9.35. The number of amides is 1. The molecule has 3 unspecified atom stereocenters. The van der Waals surface area contributed by atoms with Crippen LogP contribution in [0.1, 0.15) is 46.5 Å². The normalized spacial score (nSPS) is 30.9. The number of nitrogens with one attached hydrogen (secondary N) is 2. The Labute approximate surface area is 122 Å². The number of nitrogens with zero attached hydrogens (tertiary/aromatic N) is 1. The summed E-state index contributed by atoms with van der Waals surface area (Å²) in [6.45, 7) is 7.88. The highest BCUT2D eigenvalue weighted by atomic mass is 16.6. The van der Waals surface area contributed by atoms with Gasteiger partial charge in [0.1, 0.15) is 5.60 Å². The van der Waals surface area contributed by atoms with Gasteiger partial charge in [-0.05, 0) is 53.6 Å². The van der Waals surface area contributed by atoms with E-state index in [4.69, 9.17) is 4.74 Å². The fraction of sp³-hybridized carbons (Fsp3) is 0.933. The molecule has 1 aliphatic heterocycles. The quantitative estimate of drug-likeness (QED) is 0.825. The van der Waals surface area contributed by atoms with E-state index in [1.165, 1.54) is 25.8 Å².